The highest BCUT2D eigenvalue weighted by Crippen LogP contribution is 2.33. The van der Waals surface area contributed by atoms with Gasteiger partial charge in [-0.3, -0.25) is 0 Å². The molecule has 2 aromatic carbocycles. The number of para-hydroxylation sites is 1. The third-order valence-corrected chi connectivity index (χ3v) is 3.43. The fourth-order valence-electron chi connectivity index (χ4n) is 2.10. The minimum Gasteiger partial charge on any atom is -0.389 e. The lowest BCUT2D eigenvalue weighted by Crippen LogP contribution is -2.16. The van der Waals surface area contributed by atoms with Gasteiger partial charge in [0.2, 0.25) is 0 Å². The van der Waals surface area contributed by atoms with Crippen molar-refractivity contribution in [2.75, 3.05) is 11.4 Å². The third-order valence-electron chi connectivity index (χ3n) is 3.13. The minimum atomic E-state index is -0.502. The summed E-state index contributed by atoms with van der Waals surface area (Å²) in [4.78, 5) is 2.15. The highest BCUT2D eigenvalue weighted by Gasteiger charge is 2.12. The molecule has 0 unspecified atom stereocenters. The van der Waals surface area contributed by atoms with E-state index in [0.29, 0.717) is 5.02 Å². The third kappa shape index (κ3) is 3.09. The molecule has 0 saturated heterocycles. The molecular weight excluding hydrogens is 258 g/mol. The molecule has 19 heavy (non-hydrogen) atoms. The number of benzene rings is 2. The van der Waals surface area contributed by atoms with Gasteiger partial charge in [0.1, 0.15) is 0 Å². The molecule has 0 bridgehead atoms. The quantitative estimate of drug-likeness (QED) is 0.885. The van der Waals surface area contributed by atoms with Crippen molar-refractivity contribution in [1.82, 2.24) is 0 Å². The van der Waals surface area contributed by atoms with Crippen LogP contribution in [0.4, 0.5) is 11.4 Å². The molecule has 0 fully saturated rings. The smallest absolute Gasteiger partial charge is 0.0762 e. The van der Waals surface area contributed by atoms with E-state index in [1.807, 2.05) is 36.4 Å². The largest absolute Gasteiger partial charge is 0.389 e. The molecule has 0 aliphatic rings. The van der Waals surface area contributed by atoms with Gasteiger partial charge in [-0.15, -0.1) is 0 Å². The van der Waals surface area contributed by atoms with E-state index in [9.17, 15) is 5.11 Å². The number of hydrogen-bond acceptors (Lipinski definition) is 2. The van der Waals surface area contributed by atoms with Crippen LogP contribution in [-0.2, 0) is 0 Å². The maximum absolute atomic E-state index is 9.58. The summed E-state index contributed by atoms with van der Waals surface area (Å²) in [7, 11) is 0. The summed E-state index contributed by atoms with van der Waals surface area (Å²) in [6.07, 6.45) is -0.502. The number of halogens is 1. The molecule has 2 aromatic rings. The second-order valence-electron chi connectivity index (χ2n) is 4.47. The van der Waals surface area contributed by atoms with Crippen molar-refractivity contribution >= 4 is 23.0 Å². The van der Waals surface area contributed by atoms with E-state index in [1.165, 1.54) is 0 Å². The molecule has 0 aliphatic heterocycles. The summed E-state index contributed by atoms with van der Waals surface area (Å²) in [5.74, 6) is 0. The molecule has 2 rings (SSSR count). The van der Waals surface area contributed by atoms with Gasteiger partial charge in [-0.2, -0.15) is 0 Å². The minimum absolute atomic E-state index is 0.502. The molecule has 0 radical (unpaired) electrons. The van der Waals surface area contributed by atoms with E-state index >= 15 is 0 Å². The topological polar surface area (TPSA) is 23.5 Å². The molecule has 1 N–H and O–H groups in total. The first-order chi connectivity index (χ1) is 9.13. The summed E-state index contributed by atoms with van der Waals surface area (Å²) in [5, 5.41) is 10.2. The molecule has 2 nitrogen and oxygen atoms in total. The molecule has 0 spiro atoms. The Hall–Kier alpha value is -1.51. The lowest BCUT2D eigenvalue weighted by Gasteiger charge is -2.25. The van der Waals surface area contributed by atoms with Crippen LogP contribution in [0.25, 0.3) is 0 Å². The van der Waals surface area contributed by atoms with E-state index in [2.05, 4.69) is 24.0 Å². The Morgan fingerprint density at radius 2 is 1.84 bits per heavy atom. The predicted molar refractivity (Wildman–Crippen MR) is 81.2 cm³/mol. The Bertz CT molecular complexity index is 540. The number of aliphatic hydroxyl groups excluding tert-OH is 1. The Balaban J connectivity index is 2.39. The van der Waals surface area contributed by atoms with Gasteiger partial charge >= 0.3 is 0 Å². The van der Waals surface area contributed by atoms with Crippen LogP contribution in [0.2, 0.25) is 5.02 Å². The number of anilines is 2. The molecule has 100 valence electrons. The monoisotopic (exact) mass is 275 g/mol. The van der Waals surface area contributed by atoms with Gasteiger partial charge in [0.15, 0.2) is 0 Å². The van der Waals surface area contributed by atoms with Crippen molar-refractivity contribution in [3.63, 3.8) is 0 Å². The van der Waals surface area contributed by atoms with Crippen LogP contribution < -0.4 is 4.90 Å². The molecule has 3 heteroatoms. The summed E-state index contributed by atoms with van der Waals surface area (Å²) in [6, 6.07) is 15.8. The lowest BCUT2D eigenvalue weighted by molar-refractivity contribution is 0.199. The molecule has 0 aromatic heterocycles. The van der Waals surface area contributed by atoms with Gasteiger partial charge in [0.25, 0.3) is 0 Å². The van der Waals surface area contributed by atoms with E-state index in [1.54, 1.807) is 6.92 Å². The molecule has 0 heterocycles. The fraction of sp³-hybridized carbons (Fsp3) is 0.250. The van der Waals surface area contributed by atoms with Crippen molar-refractivity contribution in [1.29, 1.82) is 0 Å². The molecular formula is C16H18ClNO. The van der Waals surface area contributed by atoms with Gasteiger partial charge in [-0.05, 0) is 43.7 Å². The maximum Gasteiger partial charge on any atom is 0.0762 e. The summed E-state index contributed by atoms with van der Waals surface area (Å²) in [6.45, 7) is 4.66. The standard InChI is InChI=1S/C16H18ClNO/c1-3-18(14-7-5-4-6-8-14)16-10-9-13(12(2)19)11-15(16)17/h4-12,19H,3H2,1-2H3/t12-/m0/s1. The number of aliphatic hydroxyl groups is 1. The van der Waals surface area contributed by atoms with Crippen molar-refractivity contribution in [3.8, 4) is 0 Å². The van der Waals surface area contributed by atoms with Crippen LogP contribution in [0.3, 0.4) is 0 Å². The average molecular weight is 276 g/mol. The summed E-state index contributed by atoms with van der Waals surface area (Å²) >= 11 is 6.34. The first-order valence-electron chi connectivity index (χ1n) is 6.43. The van der Waals surface area contributed by atoms with Gasteiger partial charge < -0.3 is 10.0 Å². The zero-order valence-corrected chi connectivity index (χ0v) is 11.9. The van der Waals surface area contributed by atoms with Gasteiger partial charge in [-0.25, -0.2) is 0 Å². The summed E-state index contributed by atoms with van der Waals surface area (Å²) in [5.41, 5.74) is 2.90. The van der Waals surface area contributed by atoms with Crippen LogP contribution in [0.15, 0.2) is 48.5 Å². The zero-order chi connectivity index (χ0) is 13.8. The van der Waals surface area contributed by atoms with Crippen molar-refractivity contribution in [3.05, 3.63) is 59.1 Å². The van der Waals surface area contributed by atoms with E-state index in [-0.39, 0.29) is 0 Å². The Labute approximate surface area is 119 Å². The first-order valence-corrected chi connectivity index (χ1v) is 6.81. The van der Waals surface area contributed by atoms with Gasteiger partial charge in [-0.1, -0.05) is 35.9 Å². The van der Waals surface area contributed by atoms with E-state index in [0.717, 1.165) is 23.5 Å². The van der Waals surface area contributed by atoms with E-state index in [4.69, 9.17) is 11.6 Å². The lowest BCUT2D eigenvalue weighted by atomic mass is 10.1. The number of hydrogen-bond donors (Lipinski definition) is 1. The molecule has 0 amide bonds. The van der Waals surface area contributed by atoms with Crippen LogP contribution in [-0.4, -0.2) is 11.7 Å². The molecule has 0 aliphatic carbocycles. The molecule has 1 atom stereocenters. The number of nitrogens with zero attached hydrogens (tertiary/aromatic N) is 1. The summed E-state index contributed by atoms with van der Waals surface area (Å²) < 4.78 is 0. The van der Waals surface area contributed by atoms with Gasteiger partial charge in [0.05, 0.1) is 16.8 Å². The van der Waals surface area contributed by atoms with Crippen LogP contribution >= 0.6 is 11.6 Å². The highest BCUT2D eigenvalue weighted by atomic mass is 35.5. The second kappa shape index (κ2) is 6.09. The van der Waals surface area contributed by atoms with Crippen molar-refractivity contribution in [2.24, 2.45) is 0 Å². The van der Waals surface area contributed by atoms with E-state index < -0.39 is 6.10 Å². The predicted octanol–water partition coefficient (Wildman–Crippen LogP) is 4.55. The van der Waals surface area contributed by atoms with Gasteiger partial charge in [0, 0.05) is 12.2 Å². The van der Waals surface area contributed by atoms with Crippen LogP contribution in [0.1, 0.15) is 25.5 Å². The maximum atomic E-state index is 9.58. The van der Waals surface area contributed by atoms with Crippen LogP contribution in [0.5, 0.6) is 0 Å². The van der Waals surface area contributed by atoms with Crippen LogP contribution in [0, 0.1) is 0 Å². The average Bonchev–Trinajstić information content (AvgIpc) is 2.42. The Kier molecular flexibility index (Phi) is 4.46. The Morgan fingerprint density at radius 1 is 1.16 bits per heavy atom. The fourth-order valence-corrected chi connectivity index (χ4v) is 2.39. The van der Waals surface area contributed by atoms with Crippen molar-refractivity contribution < 1.29 is 5.11 Å². The normalized spacial score (nSPS) is 12.2. The first kappa shape index (κ1) is 13.9. The van der Waals surface area contributed by atoms with Crippen molar-refractivity contribution in [2.45, 2.75) is 20.0 Å². The Morgan fingerprint density at radius 3 is 2.37 bits per heavy atom. The highest BCUT2D eigenvalue weighted by molar-refractivity contribution is 6.33. The number of rotatable bonds is 4. The molecule has 0 saturated carbocycles. The second-order valence-corrected chi connectivity index (χ2v) is 4.87. The SMILES string of the molecule is CCN(c1ccccc1)c1ccc([C@H](C)O)cc1Cl. The zero-order valence-electron chi connectivity index (χ0n) is 11.2.